The molecule has 1 N–H and O–H groups in total. The Morgan fingerprint density at radius 2 is 2.43 bits per heavy atom. The molecule has 0 heterocycles. The maximum absolute atomic E-state index is 6.82. The summed E-state index contributed by atoms with van der Waals surface area (Å²) in [6.07, 6.45) is 3.32. The fraction of sp³-hybridized carbons (Fsp3) is 0.200. The first-order chi connectivity index (χ1) is 3.31. The molecule has 0 atom stereocenters. The zero-order valence-corrected chi connectivity index (χ0v) is 4.31. The molecule has 0 aromatic heterocycles. The number of hydrogen-bond acceptors (Lipinski definition) is 1. The van der Waals surface area contributed by atoms with Crippen LogP contribution in [0.25, 0.3) is 0 Å². The first-order valence-electron chi connectivity index (χ1n) is 1.99. The second-order valence-corrected chi connectivity index (χ2v) is 1.04. The summed E-state index contributed by atoms with van der Waals surface area (Å²) in [5.74, 6) is 0.211. The third-order valence-electron chi connectivity index (χ3n) is 0.495. The van der Waals surface area contributed by atoms with Gasteiger partial charge in [0, 0.05) is 0 Å². The fourth-order valence-electron chi connectivity index (χ4n) is 0.211. The van der Waals surface area contributed by atoms with E-state index in [1.54, 1.807) is 12.2 Å². The molecule has 0 saturated heterocycles. The van der Waals surface area contributed by atoms with E-state index in [0.717, 1.165) is 0 Å². The van der Waals surface area contributed by atoms with Crippen LogP contribution < -0.4 is 0 Å². The lowest BCUT2D eigenvalue weighted by atomic mass is 10.5. The molecule has 0 unspecified atom stereocenters. The van der Waals surface area contributed by atoms with Gasteiger partial charge in [-0.3, -0.25) is 5.41 Å². The van der Waals surface area contributed by atoms with Crippen molar-refractivity contribution in [3.8, 4) is 0 Å². The molecular formula is C5H8N2. The standard InChI is InChI=1S/C5H8N2/c1-3-4-5(6)7-2/h3-4,6H,2H2,1H3/b4-3-,6-5?. The first kappa shape index (κ1) is 6.08. The second kappa shape index (κ2) is 3.28. The van der Waals surface area contributed by atoms with Gasteiger partial charge in [0.2, 0.25) is 0 Å². The molecule has 2 heteroatoms. The van der Waals surface area contributed by atoms with Gasteiger partial charge >= 0.3 is 0 Å². The molecule has 0 saturated carbocycles. The minimum Gasteiger partial charge on any atom is -0.283 e. The highest BCUT2D eigenvalue weighted by molar-refractivity contribution is 5.93. The Labute approximate surface area is 43.1 Å². The van der Waals surface area contributed by atoms with E-state index in [2.05, 4.69) is 11.7 Å². The number of rotatable bonds is 1. The van der Waals surface area contributed by atoms with Crippen molar-refractivity contribution in [3.63, 3.8) is 0 Å². The number of hydrogen-bond donors (Lipinski definition) is 1. The van der Waals surface area contributed by atoms with E-state index in [1.165, 1.54) is 0 Å². The topological polar surface area (TPSA) is 36.2 Å². The van der Waals surface area contributed by atoms with Crippen molar-refractivity contribution in [2.45, 2.75) is 6.92 Å². The first-order valence-corrected chi connectivity index (χ1v) is 1.99. The highest BCUT2D eigenvalue weighted by Gasteiger charge is 1.73. The Bertz CT molecular complexity index is 103. The van der Waals surface area contributed by atoms with Gasteiger partial charge in [0.1, 0.15) is 5.84 Å². The van der Waals surface area contributed by atoms with Crippen LogP contribution in [0, 0.1) is 5.41 Å². The van der Waals surface area contributed by atoms with E-state index in [4.69, 9.17) is 5.41 Å². The van der Waals surface area contributed by atoms with E-state index in [1.807, 2.05) is 6.92 Å². The molecule has 38 valence electrons. The molecule has 2 nitrogen and oxygen atoms in total. The second-order valence-electron chi connectivity index (χ2n) is 1.04. The van der Waals surface area contributed by atoms with Crippen molar-refractivity contribution >= 4 is 12.6 Å². The summed E-state index contributed by atoms with van der Waals surface area (Å²) in [5, 5.41) is 6.82. The number of allylic oxidation sites excluding steroid dienone is 1. The van der Waals surface area contributed by atoms with Crippen molar-refractivity contribution in [1.82, 2.24) is 0 Å². The summed E-state index contributed by atoms with van der Waals surface area (Å²) in [7, 11) is 0. The summed E-state index contributed by atoms with van der Waals surface area (Å²) in [6, 6.07) is 0. The molecule has 0 fully saturated rings. The van der Waals surface area contributed by atoms with Crippen LogP contribution in [0.15, 0.2) is 17.1 Å². The number of amidine groups is 1. The summed E-state index contributed by atoms with van der Waals surface area (Å²) >= 11 is 0. The Hall–Kier alpha value is -0.920. The highest BCUT2D eigenvalue weighted by atomic mass is 14.8. The van der Waals surface area contributed by atoms with E-state index < -0.39 is 0 Å². The molecule has 0 amide bonds. The van der Waals surface area contributed by atoms with Crippen molar-refractivity contribution < 1.29 is 0 Å². The number of nitrogens with zero attached hydrogens (tertiary/aromatic N) is 1. The van der Waals surface area contributed by atoms with Crippen LogP contribution in [0.5, 0.6) is 0 Å². The molecule has 0 aliphatic heterocycles. The van der Waals surface area contributed by atoms with E-state index in [9.17, 15) is 0 Å². The van der Waals surface area contributed by atoms with Crippen LogP contribution in [0.3, 0.4) is 0 Å². The van der Waals surface area contributed by atoms with Crippen molar-refractivity contribution in [2.24, 2.45) is 4.99 Å². The van der Waals surface area contributed by atoms with Gasteiger partial charge in [-0.1, -0.05) is 6.08 Å². The average molecular weight is 96.1 g/mol. The van der Waals surface area contributed by atoms with Gasteiger partial charge in [-0.25, -0.2) is 4.99 Å². The summed E-state index contributed by atoms with van der Waals surface area (Å²) in [4.78, 5) is 3.32. The highest BCUT2D eigenvalue weighted by Crippen LogP contribution is 1.74. The van der Waals surface area contributed by atoms with Crippen LogP contribution >= 0.6 is 0 Å². The van der Waals surface area contributed by atoms with Gasteiger partial charge in [-0.2, -0.15) is 0 Å². The Morgan fingerprint density at radius 3 is 2.57 bits per heavy atom. The Morgan fingerprint density at radius 1 is 1.86 bits per heavy atom. The largest absolute Gasteiger partial charge is 0.283 e. The molecule has 0 bridgehead atoms. The smallest absolute Gasteiger partial charge is 0.143 e. The lowest BCUT2D eigenvalue weighted by Gasteiger charge is -1.77. The molecule has 0 aromatic rings. The van der Waals surface area contributed by atoms with Crippen molar-refractivity contribution in [1.29, 1.82) is 5.41 Å². The normalized spacial score (nSPS) is 9.29. The molecule has 7 heavy (non-hydrogen) atoms. The molecule has 0 aromatic carbocycles. The summed E-state index contributed by atoms with van der Waals surface area (Å²) in [6.45, 7) is 4.99. The molecule has 0 aliphatic carbocycles. The maximum Gasteiger partial charge on any atom is 0.143 e. The van der Waals surface area contributed by atoms with E-state index in [0.29, 0.717) is 0 Å². The summed E-state index contributed by atoms with van der Waals surface area (Å²) < 4.78 is 0. The lowest BCUT2D eigenvalue weighted by molar-refractivity contribution is 1.46. The third kappa shape index (κ3) is 2.89. The molecule has 0 aliphatic rings. The molecule has 0 spiro atoms. The van der Waals surface area contributed by atoms with Crippen molar-refractivity contribution in [2.75, 3.05) is 0 Å². The zero-order valence-electron chi connectivity index (χ0n) is 4.31. The van der Waals surface area contributed by atoms with Gasteiger partial charge in [0.15, 0.2) is 0 Å². The minimum atomic E-state index is 0.211. The number of nitrogens with one attached hydrogen (secondary N) is 1. The molecular weight excluding hydrogens is 88.1 g/mol. The molecule has 0 rings (SSSR count). The fourth-order valence-corrected chi connectivity index (χ4v) is 0.211. The van der Waals surface area contributed by atoms with Gasteiger partial charge < -0.3 is 0 Å². The van der Waals surface area contributed by atoms with Crippen LogP contribution in [0.2, 0.25) is 0 Å². The monoisotopic (exact) mass is 96.1 g/mol. The predicted molar refractivity (Wildman–Crippen MR) is 32.1 cm³/mol. The zero-order chi connectivity index (χ0) is 5.70. The van der Waals surface area contributed by atoms with Gasteiger partial charge in [0.25, 0.3) is 0 Å². The quantitative estimate of drug-likeness (QED) is 0.376. The Balaban J connectivity index is 3.58. The number of aliphatic imine (C=N–C) groups is 1. The van der Waals surface area contributed by atoms with Gasteiger partial charge in [-0.15, -0.1) is 0 Å². The maximum atomic E-state index is 6.82. The van der Waals surface area contributed by atoms with Crippen LogP contribution in [0.1, 0.15) is 6.92 Å². The van der Waals surface area contributed by atoms with Crippen LogP contribution in [-0.4, -0.2) is 12.6 Å². The predicted octanol–water partition coefficient (Wildman–Crippen LogP) is 1.24. The van der Waals surface area contributed by atoms with Gasteiger partial charge in [0.05, 0.1) is 0 Å². The lowest BCUT2D eigenvalue weighted by Crippen LogP contribution is -1.78. The summed E-state index contributed by atoms with van der Waals surface area (Å²) in [5.41, 5.74) is 0. The molecule has 0 radical (unpaired) electrons. The SMILES string of the molecule is C=NC(=N)/C=C\C. The average Bonchev–Trinajstić information content (AvgIpc) is 1.68. The van der Waals surface area contributed by atoms with E-state index >= 15 is 0 Å². The minimum absolute atomic E-state index is 0.211. The Kier molecular flexibility index (Phi) is 2.85. The van der Waals surface area contributed by atoms with Crippen LogP contribution in [-0.2, 0) is 0 Å². The van der Waals surface area contributed by atoms with Crippen LogP contribution in [0.4, 0.5) is 0 Å². The third-order valence-corrected chi connectivity index (χ3v) is 0.495. The van der Waals surface area contributed by atoms with Crippen molar-refractivity contribution in [3.05, 3.63) is 12.2 Å². The van der Waals surface area contributed by atoms with E-state index in [-0.39, 0.29) is 5.84 Å². The van der Waals surface area contributed by atoms with Gasteiger partial charge in [-0.05, 0) is 19.7 Å².